The van der Waals surface area contributed by atoms with Crippen LogP contribution in [0.4, 0.5) is 0 Å². The molecule has 0 N–H and O–H groups in total. The highest BCUT2D eigenvalue weighted by Crippen LogP contribution is 2.39. The SMILES string of the molecule is COc1cc2c(cc1/C=C1/C(=O)N(C)C(=S)N1C)OCO2. The Bertz CT molecular complexity index is 671. The van der Waals surface area contributed by atoms with E-state index in [9.17, 15) is 4.79 Å². The molecule has 1 aromatic rings. The summed E-state index contributed by atoms with van der Waals surface area (Å²) in [6.45, 7) is 0.185. The predicted molar refractivity (Wildman–Crippen MR) is 80.2 cm³/mol. The van der Waals surface area contributed by atoms with Gasteiger partial charge in [0, 0.05) is 25.7 Å². The summed E-state index contributed by atoms with van der Waals surface area (Å²) in [6, 6.07) is 3.53. The standard InChI is InChI=1S/C14H14N2O4S/c1-15-9(13(17)16(2)14(15)21)4-8-5-11-12(20-7-19-11)6-10(8)18-3/h4-6H,7H2,1-3H3/b9-4-. The molecule has 21 heavy (non-hydrogen) atoms. The van der Waals surface area contributed by atoms with Crippen LogP contribution in [0.1, 0.15) is 5.56 Å². The molecule has 1 amide bonds. The van der Waals surface area contributed by atoms with E-state index in [1.807, 2.05) is 0 Å². The molecular weight excluding hydrogens is 292 g/mol. The second-order valence-electron chi connectivity index (χ2n) is 4.68. The molecule has 0 spiro atoms. The Morgan fingerprint density at radius 2 is 1.90 bits per heavy atom. The van der Waals surface area contributed by atoms with Gasteiger partial charge < -0.3 is 19.1 Å². The first kappa shape index (κ1) is 13.7. The number of hydrogen-bond acceptors (Lipinski definition) is 5. The number of amides is 1. The van der Waals surface area contributed by atoms with Crippen molar-refractivity contribution in [3.05, 3.63) is 23.4 Å². The fraction of sp³-hybridized carbons (Fsp3) is 0.286. The van der Waals surface area contributed by atoms with Crippen molar-refractivity contribution in [1.82, 2.24) is 9.80 Å². The Morgan fingerprint density at radius 1 is 1.24 bits per heavy atom. The van der Waals surface area contributed by atoms with E-state index < -0.39 is 0 Å². The third-order valence-electron chi connectivity index (χ3n) is 3.48. The Hall–Kier alpha value is -2.28. The van der Waals surface area contributed by atoms with Gasteiger partial charge in [0.25, 0.3) is 5.91 Å². The van der Waals surface area contributed by atoms with E-state index in [-0.39, 0.29) is 12.7 Å². The van der Waals surface area contributed by atoms with E-state index in [0.29, 0.717) is 28.1 Å². The lowest BCUT2D eigenvalue weighted by Crippen LogP contribution is -2.26. The Kier molecular flexibility index (Phi) is 3.21. The van der Waals surface area contributed by atoms with E-state index in [1.54, 1.807) is 44.3 Å². The van der Waals surface area contributed by atoms with E-state index in [2.05, 4.69) is 0 Å². The number of thiocarbonyl (C=S) groups is 1. The average molecular weight is 306 g/mol. The topological polar surface area (TPSA) is 51.2 Å². The van der Waals surface area contributed by atoms with E-state index in [4.69, 9.17) is 26.4 Å². The monoisotopic (exact) mass is 306 g/mol. The first-order chi connectivity index (χ1) is 10.0. The quantitative estimate of drug-likeness (QED) is 0.609. The molecule has 0 radical (unpaired) electrons. The van der Waals surface area contributed by atoms with Crippen LogP contribution >= 0.6 is 12.2 Å². The molecule has 6 nitrogen and oxygen atoms in total. The molecule has 2 heterocycles. The van der Waals surface area contributed by atoms with Crippen molar-refractivity contribution in [2.24, 2.45) is 0 Å². The van der Waals surface area contributed by atoms with Crippen molar-refractivity contribution in [3.8, 4) is 17.2 Å². The van der Waals surface area contributed by atoms with Crippen molar-refractivity contribution >= 4 is 29.3 Å². The van der Waals surface area contributed by atoms with Gasteiger partial charge in [-0.25, -0.2) is 0 Å². The fourth-order valence-electron chi connectivity index (χ4n) is 2.26. The maximum absolute atomic E-state index is 12.2. The minimum absolute atomic E-state index is 0.151. The van der Waals surface area contributed by atoms with Gasteiger partial charge in [0.15, 0.2) is 16.6 Å². The molecule has 0 bridgehead atoms. The highest BCUT2D eigenvalue weighted by atomic mass is 32.1. The summed E-state index contributed by atoms with van der Waals surface area (Å²) in [5.74, 6) is 1.72. The number of carbonyl (C=O) groups excluding carboxylic acids is 1. The van der Waals surface area contributed by atoms with Crippen LogP contribution in [-0.2, 0) is 4.79 Å². The second-order valence-corrected chi connectivity index (χ2v) is 5.05. The molecule has 0 aromatic heterocycles. The smallest absolute Gasteiger partial charge is 0.276 e. The van der Waals surface area contributed by atoms with Crippen LogP contribution in [0, 0.1) is 0 Å². The van der Waals surface area contributed by atoms with Crippen LogP contribution in [0.5, 0.6) is 17.2 Å². The minimum Gasteiger partial charge on any atom is -0.496 e. The van der Waals surface area contributed by atoms with Gasteiger partial charge in [0.05, 0.1) is 7.11 Å². The third-order valence-corrected chi connectivity index (χ3v) is 4.02. The summed E-state index contributed by atoms with van der Waals surface area (Å²) in [7, 11) is 4.98. The van der Waals surface area contributed by atoms with Crippen LogP contribution in [0.2, 0.25) is 0 Å². The van der Waals surface area contributed by atoms with Crippen LogP contribution in [0.15, 0.2) is 17.8 Å². The summed E-state index contributed by atoms with van der Waals surface area (Å²) in [4.78, 5) is 15.3. The van der Waals surface area contributed by atoms with Gasteiger partial charge in [-0.1, -0.05) is 0 Å². The van der Waals surface area contributed by atoms with Gasteiger partial charge in [-0.3, -0.25) is 9.69 Å². The fourth-order valence-corrected chi connectivity index (χ4v) is 2.45. The summed E-state index contributed by atoms with van der Waals surface area (Å²) in [6.07, 6.45) is 1.74. The highest BCUT2D eigenvalue weighted by Gasteiger charge is 2.33. The molecular formula is C14H14N2O4S. The maximum atomic E-state index is 12.2. The van der Waals surface area contributed by atoms with Crippen LogP contribution in [0.25, 0.3) is 6.08 Å². The summed E-state index contributed by atoms with van der Waals surface area (Å²) in [5.41, 5.74) is 1.22. The lowest BCUT2D eigenvalue weighted by molar-refractivity contribution is -0.121. The Balaban J connectivity index is 2.07. The van der Waals surface area contributed by atoms with Crippen molar-refractivity contribution in [3.63, 3.8) is 0 Å². The van der Waals surface area contributed by atoms with Crippen molar-refractivity contribution in [2.75, 3.05) is 28.0 Å². The van der Waals surface area contributed by atoms with Gasteiger partial charge >= 0.3 is 0 Å². The maximum Gasteiger partial charge on any atom is 0.276 e. The Morgan fingerprint density at radius 3 is 2.48 bits per heavy atom. The predicted octanol–water partition coefficient (Wildman–Crippen LogP) is 1.45. The van der Waals surface area contributed by atoms with Crippen molar-refractivity contribution in [2.45, 2.75) is 0 Å². The molecule has 0 aliphatic carbocycles. The van der Waals surface area contributed by atoms with Crippen LogP contribution in [-0.4, -0.2) is 48.8 Å². The average Bonchev–Trinajstić information content (AvgIpc) is 3.01. The summed E-state index contributed by atoms with van der Waals surface area (Å²) in [5, 5.41) is 0.464. The molecule has 2 aliphatic rings. The number of hydrogen-bond donors (Lipinski definition) is 0. The third kappa shape index (κ3) is 2.09. The molecule has 1 aromatic carbocycles. The lowest BCUT2D eigenvalue weighted by atomic mass is 10.1. The second kappa shape index (κ2) is 4.92. The lowest BCUT2D eigenvalue weighted by Gasteiger charge is -2.12. The largest absolute Gasteiger partial charge is 0.496 e. The first-order valence-electron chi connectivity index (χ1n) is 6.28. The first-order valence-corrected chi connectivity index (χ1v) is 6.69. The Labute approximate surface area is 127 Å². The minimum atomic E-state index is -0.151. The summed E-state index contributed by atoms with van der Waals surface area (Å²) < 4.78 is 16.0. The van der Waals surface area contributed by atoms with Gasteiger partial charge in [-0.05, 0) is 24.4 Å². The van der Waals surface area contributed by atoms with Gasteiger partial charge in [-0.15, -0.1) is 0 Å². The number of fused-ring (bicyclic) bond motifs is 1. The normalized spacial score (nSPS) is 18.9. The van der Waals surface area contributed by atoms with Gasteiger partial charge in [-0.2, -0.15) is 0 Å². The molecule has 0 atom stereocenters. The number of nitrogens with zero attached hydrogens (tertiary/aromatic N) is 2. The van der Waals surface area contributed by atoms with Crippen molar-refractivity contribution in [1.29, 1.82) is 0 Å². The zero-order valence-corrected chi connectivity index (χ0v) is 12.7. The highest BCUT2D eigenvalue weighted by molar-refractivity contribution is 7.80. The molecule has 1 fully saturated rings. The van der Waals surface area contributed by atoms with E-state index >= 15 is 0 Å². The van der Waals surface area contributed by atoms with E-state index in [0.717, 1.165) is 5.56 Å². The van der Waals surface area contributed by atoms with Gasteiger partial charge in [0.1, 0.15) is 11.4 Å². The molecule has 0 unspecified atom stereocenters. The number of carbonyl (C=O) groups is 1. The number of likely N-dealkylation sites (N-methyl/N-ethyl adjacent to an activating group) is 2. The molecule has 3 rings (SSSR count). The zero-order chi connectivity index (χ0) is 15.1. The summed E-state index contributed by atoms with van der Waals surface area (Å²) >= 11 is 5.19. The number of rotatable bonds is 2. The van der Waals surface area contributed by atoms with E-state index in [1.165, 1.54) is 4.90 Å². The number of benzene rings is 1. The molecule has 2 aliphatic heterocycles. The molecule has 1 saturated heterocycles. The molecule has 7 heteroatoms. The zero-order valence-electron chi connectivity index (χ0n) is 11.9. The van der Waals surface area contributed by atoms with Crippen LogP contribution < -0.4 is 14.2 Å². The molecule has 0 saturated carbocycles. The number of ether oxygens (including phenoxy) is 3. The van der Waals surface area contributed by atoms with Crippen molar-refractivity contribution < 1.29 is 19.0 Å². The number of methoxy groups -OCH3 is 1. The van der Waals surface area contributed by atoms with Crippen LogP contribution in [0.3, 0.4) is 0 Å². The van der Waals surface area contributed by atoms with Gasteiger partial charge in [0.2, 0.25) is 6.79 Å². The molecule has 110 valence electrons.